The summed E-state index contributed by atoms with van der Waals surface area (Å²) in [5.74, 6) is 0.125. The van der Waals surface area contributed by atoms with Crippen molar-refractivity contribution in [1.82, 2.24) is 0 Å². The summed E-state index contributed by atoms with van der Waals surface area (Å²) in [6, 6.07) is 4.86. The molecule has 1 aliphatic rings. The highest BCUT2D eigenvalue weighted by molar-refractivity contribution is 5.89. The number of fused-ring (bicyclic) bond motifs is 1. The topological polar surface area (TPSA) is 65.0 Å². The Bertz CT molecular complexity index is 470. The van der Waals surface area contributed by atoms with Crippen LogP contribution in [0.15, 0.2) is 18.2 Å². The van der Waals surface area contributed by atoms with E-state index in [2.05, 4.69) is 4.74 Å². The zero-order chi connectivity index (χ0) is 13.3. The fourth-order valence-electron chi connectivity index (χ4n) is 2.13. The number of carbonyl (C=O) groups excluding carboxylic acids is 1. The molecule has 2 atom stereocenters. The zero-order valence-corrected chi connectivity index (χ0v) is 10.6. The highest BCUT2D eigenvalue weighted by Crippen LogP contribution is 2.43. The summed E-state index contributed by atoms with van der Waals surface area (Å²) in [5, 5.41) is 10.3. The molecule has 18 heavy (non-hydrogen) atoms. The summed E-state index contributed by atoms with van der Waals surface area (Å²) in [6.45, 7) is 2.02. The van der Waals surface area contributed by atoms with Gasteiger partial charge in [-0.15, -0.1) is 0 Å². The predicted octanol–water partition coefficient (Wildman–Crippen LogP) is 1.30. The number of aliphatic hydroxyl groups is 1. The molecule has 5 nitrogen and oxygen atoms in total. The number of carbonyl (C=O) groups is 1. The summed E-state index contributed by atoms with van der Waals surface area (Å²) in [6.07, 6.45) is -0.836. The van der Waals surface area contributed by atoms with E-state index in [4.69, 9.17) is 9.47 Å². The summed E-state index contributed by atoms with van der Waals surface area (Å²) in [4.78, 5) is 11.4. The molecule has 98 valence electrons. The molecule has 2 rings (SSSR count). The maximum Gasteiger partial charge on any atom is 0.337 e. The first kappa shape index (κ1) is 12.9. The van der Waals surface area contributed by atoms with Crippen molar-refractivity contribution in [1.29, 1.82) is 0 Å². The molecule has 0 bridgehead atoms. The number of rotatable bonds is 3. The second kappa shape index (κ2) is 4.59. The molecule has 0 radical (unpaired) electrons. The van der Waals surface area contributed by atoms with Crippen LogP contribution in [0.4, 0.5) is 0 Å². The lowest BCUT2D eigenvalue weighted by Crippen LogP contribution is -2.39. The quantitative estimate of drug-likeness (QED) is 0.821. The number of aliphatic hydroxyl groups excluding tert-OH is 1. The number of hydrogen-bond acceptors (Lipinski definition) is 5. The Labute approximate surface area is 105 Å². The van der Waals surface area contributed by atoms with Gasteiger partial charge in [0.15, 0.2) is 5.60 Å². The number of methoxy groups -OCH3 is 2. The molecule has 0 spiro atoms. The second-order valence-electron chi connectivity index (χ2n) is 4.49. The first-order valence-electron chi connectivity index (χ1n) is 5.60. The van der Waals surface area contributed by atoms with Crippen molar-refractivity contribution in [3.05, 3.63) is 29.3 Å². The van der Waals surface area contributed by atoms with E-state index in [-0.39, 0.29) is 6.61 Å². The molecule has 0 aliphatic carbocycles. The molecule has 0 saturated heterocycles. The molecule has 0 saturated carbocycles. The van der Waals surface area contributed by atoms with Crippen LogP contribution in [-0.4, -0.2) is 37.5 Å². The Morgan fingerprint density at radius 2 is 2.22 bits per heavy atom. The van der Waals surface area contributed by atoms with Gasteiger partial charge in [-0.05, 0) is 25.1 Å². The molecule has 0 aromatic heterocycles. The first-order valence-corrected chi connectivity index (χ1v) is 5.60. The minimum Gasteiger partial charge on any atom is -0.482 e. The molecule has 1 aliphatic heterocycles. The van der Waals surface area contributed by atoms with E-state index >= 15 is 0 Å². The Morgan fingerprint density at radius 3 is 2.83 bits per heavy atom. The van der Waals surface area contributed by atoms with E-state index in [0.29, 0.717) is 16.9 Å². The highest BCUT2D eigenvalue weighted by Gasteiger charge is 2.44. The average molecular weight is 252 g/mol. The lowest BCUT2D eigenvalue weighted by molar-refractivity contribution is -0.0618. The van der Waals surface area contributed by atoms with Crippen molar-refractivity contribution in [2.75, 3.05) is 20.8 Å². The van der Waals surface area contributed by atoms with Gasteiger partial charge in [0.2, 0.25) is 0 Å². The Balaban J connectivity index is 2.35. The highest BCUT2D eigenvalue weighted by atomic mass is 16.6. The normalized spacial score (nSPS) is 25.4. The lowest BCUT2D eigenvalue weighted by atomic mass is 9.95. The van der Waals surface area contributed by atoms with E-state index in [1.165, 1.54) is 7.11 Å². The SMILES string of the molecule is COCC1(C)Oc2ccc(C(=O)OC)cc2C1O. The van der Waals surface area contributed by atoms with Crippen LogP contribution in [-0.2, 0) is 9.47 Å². The van der Waals surface area contributed by atoms with Crippen molar-refractivity contribution in [2.45, 2.75) is 18.6 Å². The van der Waals surface area contributed by atoms with Crippen LogP contribution >= 0.6 is 0 Å². The van der Waals surface area contributed by atoms with Crippen LogP contribution in [0.2, 0.25) is 0 Å². The van der Waals surface area contributed by atoms with Gasteiger partial charge >= 0.3 is 5.97 Å². The van der Waals surface area contributed by atoms with Crippen LogP contribution in [0.5, 0.6) is 5.75 Å². The summed E-state index contributed by atoms with van der Waals surface area (Å²) >= 11 is 0. The van der Waals surface area contributed by atoms with Crippen LogP contribution < -0.4 is 4.74 Å². The molecule has 2 unspecified atom stereocenters. The van der Waals surface area contributed by atoms with Gasteiger partial charge in [-0.25, -0.2) is 4.79 Å². The van der Waals surface area contributed by atoms with Gasteiger partial charge < -0.3 is 19.3 Å². The Kier molecular flexibility index (Phi) is 3.28. The zero-order valence-electron chi connectivity index (χ0n) is 10.6. The van der Waals surface area contributed by atoms with E-state index in [1.54, 1.807) is 32.2 Å². The van der Waals surface area contributed by atoms with Gasteiger partial charge in [0.05, 0.1) is 19.3 Å². The van der Waals surface area contributed by atoms with Gasteiger partial charge in [-0.1, -0.05) is 0 Å². The second-order valence-corrected chi connectivity index (χ2v) is 4.49. The van der Waals surface area contributed by atoms with E-state index in [1.807, 2.05) is 0 Å². The molecule has 1 N–H and O–H groups in total. The van der Waals surface area contributed by atoms with Gasteiger partial charge in [0.25, 0.3) is 0 Å². The smallest absolute Gasteiger partial charge is 0.337 e. The Hall–Kier alpha value is -1.59. The molecule has 1 aromatic rings. The summed E-state index contributed by atoms with van der Waals surface area (Å²) < 4.78 is 15.4. The van der Waals surface area contributed by atoms with E-state index in [0.717, 1.165) is 0 Å². The third kappa shape index (κ3) is 1.95. The number of benzene rings is 1. The van der Waals surface area contributed by atoms with Gasteiger partial charge in [-0.3, -0.25) is 0 Å². The van der Waals surface area contributed by atoms with Crippen molar-refractivity contribution < 1.29 is 24.1 Å². The maximum absolute atomic E-state index is 11.4. The lowest BCUT2D eigenvalue weighted by Gasteiger charge is -2.26. The minimum absolute atomic E-state index is 0.260. The largest absolute Gasteiger partial charge is 0.482 e. The van der Waals surface area contributed by atoms with E-state index in [9.17, 15) is 9.90 Å². The fraction of sp³-hybridized carbons (Fsp3) is 0.462. The maximum atomic E-state index is 11.4. The minimum atomic E-state index is -0.836. The van der Waals surface area contributed by atoms with Gasteiger partial charge in [0, 0.05) is 12.7 Å². The fourth-order valence-corrected chi connectivity index (χ4v) is 2.13. The molecule has 1 heterocycles. The summed E-state index contributed by atoms with van der Waals surface area (Å²) in [7, 11) is 2.86. The molecule has 1 aromatic carbocycles. The van der Waals surface area contributed by atoms with Gasteiger partial charge in [0.1, 0.15) is 11.9 Å². The molecular weight excluding hydrogens is 236 g/mol. The number of ether oxygens (including phenoxy) is 3. The van der Waals surface area contributed by atoms with Crippen molar-refractivity contribution in [2.24, 2.45) is 0 Å². The predicted molar refractivity (Wildman–Crippen MR) is 63.7 cm³/mol. The monoisotopic (exact) mass is 252 g/mol. The Morgan fingerprint density at radius 1 is 1.50 bits per heavy atom. The third-order valence-electron chi connectivity index (χ3n) is 3.08. The summed E-state index contributed by atoms with van der Waals surface area (Å²) in [5.41, 5.74) is 0.143. The van der Waals surface area contributed by atoms with Crippen LogP contribution in [0.1, 0.15) is 28.9 Å². The molecule has 0 fully saturated rings. The third-order valence-corrected chi connectivity index (χ3v) is 3.08. The molecule has 0 amide bonds. The first-order chi connectivity index (χ1) is 8.51. The molecular formula is C13H16O5. The molecule has 5 heteroatoms. The number of hydrogen-bond donors (Lipinski definition) is 1. The van der Waals surface area contributed by atoms with Gasteiger partial charge in [-0.2, -0.15) is 0 Å². The average Bonchev–Trinajstić information content (AvgIpc) is 2.61. The van der Waals surface area contributed by atoms with Crippen molar-refractivity contribution >= 4 is 5.97 Å². The van der Waals surface area contributed by atoms with Crippen LogP contribution in [0, 0.1) is 0 Å². The standard InChI is InChI=1S/C13H16O5/c1-13(7-16-2)11(14)9-6-8(12(15)17-3)4-5-10(9)18-13/h4-6,11,14H,7H2,1-3H3. The van der Waals surface area contributed by atoms with Crippen molar-refractivity contribution in [3.63, 3.8) is 0 Å². The van der Waals surface area contributed by atoms with Crippen molar-refractivity contribution in [3.8, 4) is 5.75 Å². The van der Waals surface area contributed by atoms with Crippen LogP contribution in [0.3, 0.4) is 0 Å². The van der Waals surface area contributed by atoms with Crippen LogP contribution in [0.25, 0.3) is 0 Å². The number of esters is 1. The van der Waals surface area contributed by atoms with E-state index < -0.39 is 17.7 Å².